The normalized spacial score (nSPS) is 31.9. The molecule has 26 heavy (non-hydrogen) atoms. The Morgan fingerprint density at radius 2 is 0.962 bits per heavy atom. The van der Waals surface area contributed by atoms with Crippen molar-refractivity contribution in [3.63, 3.8) is 0 Å². The molecule has 2 aliphatic carbocycles. The predicted molar refractivity (Wildman–Crippen MR) is 106 cm³/mol. The van der Waals surface area contributed by atoms with Crippen LogP contribution in [0.5, 0.6) is 0 Å². The van der Waals surface area contributed by atoms with Gasteiger partial charge < -0.3 is 24.8 Å². The van der Waals surface area contributed by atoms with Crippen LogP contribution in [0.15, 0.2) is 40.1 Å². The molecule has 1 heterocycles. The summed E-state index contributed by atoms with van der Waals surface area (Å²) in [6.07, 6.45) is 0. The predicted octanol–water partition coefficient (Wildman–Crippen LogP) is 1.35. The van der Waals surface area contributed by atoms with Gasteiger partial charge in [-0.15, -0.1) is 0 Å². The van der Waals surface area contributed by atoms with E-state index in [1.54, 1.807) is 33.4 Å². The fourth-order valence-corrected chi connectivity index (χ4v) is 27.1. The maximum Gasteiger partial charge on any atom is -1.00 e. The Morgan fingerprint density at radius 1 is 0.654 bits per heavy atom. The van der Waals surface area contributed by atoms with Gasteiger partial charge in [-0.25, -0.2) is 0 Å². The zero-order chi connectivity index (χ0) is 18.2. The summed E-state index contributed by atoms with van der Waals surface area (Å²) in [6.45, 7) is 25.1. The molecule has 0 aromatic rings. The van der Waals surface area contributed by atoms with Crippen molar-refractivity contribution in [2.75, 3.05) is 0 Å². The minimum Gasteiger partial charge on any atom is -1.00 e. The summed E-state index contributed by atoms with van der Waals surface area (Å²) < 4.78 is 3.95. The smallest absolute Gasteiger partial charge is 1.00 e. The monoisotopic (exact) mass is 576 g/mol. The van der Waals surface area contributed by atoms with Gasteiger partial charge >= 0.3 is 162 Å². The Labute approximate surface area is 186 Å². The van der Waals surface area contributed by atoms with E-state index in [0.29, 0.717) is 10.1 Å². The standard InChI is InChI=1S/C22H34Si.2ClH.Hf/c1-11-23(12-2,21(9)13-15(3)17(5)19(21)7)22(10)14-16(4)18(6)20(22)8;;;/h11-12H2,1-10H3;2*1H;/q;;;+2/p-2. The van der Waals surface area contributed by atoms with Crippen molar-refractivity contribution < 1.29 is 47.7 Å². The molecule has 0 spiro atoms. The Bertz CT molecular complexity index is 707. The summed E-state index contributed by atoms with van der Waals surface area (Å²) in [7, 11) is -1.62. The molecule has 4 heteroatoms. The first-order valence-electron chi connectivity index (χ1n) is 9.62. The van der Waals surface area contributed by atoms with E-state index >= 15 is 0 Å². The van der Waals surface area contributed by atoms with E-state index in [-0.39, 0.29) is 24.8 Å². The van der Waals surface area contributed by atoms with Gasteiger partial charge in [-0.3, -0.25) is 0 Å². The maximum absolute atomic E-state index is 2.68. The van der Waals surface area contributed by atoms with Gasteiger partial charge in [0.15, 0.2) is 0 Å². The van der Waals surface area contributed by atoms with Gasteiger partial charge in [0.25, 0.3) is 0 Å². The van der Waals surface area contributed by atoms with E-state index in [2.05, 4.69) is 69.2 Å². The molecule has 144 valence electrons. The third kappa shape index (κ3) is 2.34. The number of hydrogen-bond donors (Lipinski definition) is 0. The van der Waals surface area contributed by atoms with Crippen LogP contribution in [-0.2, 0) is 22.9 Å². The van der Waals surface area contributed by atoms with Crippen LogP contribution >= 0.6 is 0 Å². The number of rotatable bonds is 2. The quantitative estimate of drug-likeness (QED) is 0.436. The van der Waals surface area contributed by atoms with Gasteiger partial charge in [0.1, 0.15) is 0 Å². The van der Waals surface area contributed by atoms with Crippen LogP contribution < -0.4 is 24.8 Å². The third-order valence-corrected chi connectivity index (χ3v) is 26.2. The fourth-order valence-electron chi connectivity index (χ4n) is 6.74. The van der Waals surface area contributed by atoms with Crippen molar-refractivity contribution in [2.24, 2.45) is 0 Å². The Kier molecular flexibility index (Phi) is 7.08. The topological polar surface area (TPSA) is 0 Å². The third-order valence-electron chi connectivity index (χ3n) is 8.87. The zero-order valence-electron chi connectivity index (χ0n) is 18.2. The number of halogens is 2. The van der Waals surface area contributed by atoms with E-state index < -0.39 is 31.0 Å². The minimum absolute atomic E-state index is 0. The van der Waals surface area contributed by atoms with Crippen LogP contribution in [-0.4, -0.2) is 8.07 Å². The van der Waals surface area contributed by atoms with Gasteiger partial charge in [-0.2, -0.15) is 0 Å². The summed E-state index contributed by atoms with van der Waals surface area (Å²) >= 11 is -0.969. The zero-order valence-corrected chi connectivity index (χ0v) is 24.3. The van der Waals surface area contributed by atoms with Crippen molar-refractivity contribution in [3.05, 3.63) is 40.1 Å². The maximum atomic E-state index is 2.68. The molecule has 2 unspecified atom stereocenters. The van der Waals surface area contributed by atoms with Gasteiger partial charge in [-0.1, -0.05) is 0 Å². The van der Waals surface area contributed by atoms with Crippen LogP contribution in [0, 0.1) is 0 Å². The van der Waals surface area contributed by atoms with Crippen LogP contribution in [0.25, 0.3) is 0 Å². The van der Waals surface area contributed by atoms with Crippen molar-refractivity contribution in [1.82, 2.24) is 0 Å². The summed E-state index contributed by atoms with van der Waals surface area (Å²) in [4.78, 5) is 0. The van der Waals surface area contributed by atoms with E-state index in [4.69, 9.17) is 0 Å². The molecular formula is C22H34Cl2HfSi. The summed E-state index contributed by atoms with van der Waals surface area (Å²) in [6, 6.07) is 2.81. The molecule has 0 N–H and O–H groups in total. The first kappa shape index (κ1) is 24.7. The molecule has 1 fully saturated rings. The van der Waals surface area contributed by atoms with Crippen LogP contribution in [0.2, 0.25) is 22.2 Å². The Hall–Kier alpha value is 0.627. The molecule has 0 aromatic carbocycles. The molecule has 0 saturated carbocycles. The first-order chi connectivity index (χ1) is 11.1. The molecular weight excluding hydrogens is 542 g/mol. The van der Waals surface area contributed by atoms with Crippen molar-refractivity contribution in [3.8, 4) is 0 Å². The van der Waals surface area contributed by atoms with Gasteiger partial charge in [0, 0.05) is 0 Å². The van der Waals surface area contributed by atoms with Crippen LogP contribution in [0.4, 0.5) is 0 Å². The average Bonchev–Trinajstić information content (AvgIpc) is 2.84. The number of hydrogen-bond acceptors (Lipinski definition) is 0. The molecule has 1 aliphatic heterocycles. The molecule has 0 radical (unpaired) electrons. The molecule has 0 aromatic heterocycles. The summed E-state index contributed by atoms with van der Waals surface area (Å²) in [5, 5.41) is 0.858. The van der Waals surface area contributed by atoms with E-state index in [1.165, 1.54) is 12.1 Å². The number of fused-ring (bicyclic) bond motifs is 2. The van der Waals surface area contributed by atoms with Crippen molar-refractivity contribution in [1.29, 1.82) is 0 Å². The Morgan fingerprint density at radius 3 is 1.23 bits per heavy atom. The summed E-state index contributed by atoms with van der Waals surface area (Å²) in [5.74, 6) is 0. The molecule has 0 nitrogen and oxygen atoms in total. The summed E-state index contributed by atoms with van der Waals surface area (Å²) in [5.41, 5.74) is 10.2. The van der Waals surface area contributed by atoms with Crippen LogP contribution in [0.1, 0.15) is 69.2 Å². The minimum atomic E-state index is -1.62. The van der Waals surface area contributed by atoms with Crippen LogP contribution in [0.3, 0.4) is 0 Å². The first-order valence-corrected chi connectivity index (χ1v) is 15.6. The molecule has 0 amide bonds. The van der Waals surface area contributed by atoms with E-state index in [0.717, 1.165) is 0 Å². The second kappa shape index (κ2) is 7.47. The molecule has 0 bridgehead atoms. The SMILES string of the molecule is CC[Si]1(CC)C2(C)C(C)=C(C)C(C)=[C]2[Hf+2][C]2=C(C)C(C)=C(C)C21C.[Cl-].[Cl-]. The van der Waals surface area contributed by atoms with E-state index in [9.17, 15) is 0 Å². The molecule has 1 saturated heterocycles. The van der Waals surface area contributed by atoms with Gasteiger partial charge in [0.05, 0.1) is 0 Å². The molecule has 3 aliphatic rings. The van der Waals surface area contributed by atoms with Crippen molar-refractivity contribution >= 4 is 8.07 Å². The Balaban J connectivity index is 0.00000169. The average molecular weight is 576 g/mol. The number of allylic oxidation sites excluding steroid dienone is 8. The van der Waals surface area contributed by atoms with Gasteiger partial charge in [-0.05, 0) is 0 Å². The fraction of sp³-hybridized carbons (Fsp3) is 0.636. The van der Waals surface area contributed by atoms with E-state index in [1.807, 2.05) is 6.66 Å². The second-order valence-corrected chi connectivity index (χ2v) is 18.7. The molecule has 2 atom stereocenters. The largest absolute Gasteiger partial charge is 1.00 e. The molecule has 3 rings (SSSR count). The van der Waals surface area contributed by atoms with Crippen molar-refractivity contribution in [2.45, 2.75) is 91.4 Å². The second-order valence-electron chi connectivity index (χ2n) is 8.66. The van der Waals surface area contributed by atoms with Gasteiger partial charge in [0.2, 0.25) is 0 Å².